The van der Waals surface area contributed by atoms with Crippen LogP contribution in [0.3, 0.4) is 0 Å². The zero-order chi connectivity index (χ0) is 24.1. The molecular formula is C26H26ClFN2O4. The second kappa shape index (κ2) is 10.9. The number of rotatable bonds is 8. The van der Waals surface area contributed by atoms with Crippen molar-refractivity contribution in [1.82, 2.24) is 9.78 Å². The van der Waals surface area contributed by atoms with Crippen LogP contribution in [-0.2, 0) is 16.1 Å². The lowest BCUT2D eigenvalue weighted by atomic mass is 9.82. The fraction of sp³-hybridized carbons (Fsp3) is 0.346. The number of nitrogens with zero attached hydrogens (tertiary/aromatic N) is 2. The SMILES string of the molecule is O=C(O)COCC1CCC(Cn2nc(-c3ccccc3)c(-c3cc(Cl)ccc3F)cc2=O)CC1. The molecular weight excluding hydrogens is 459 g/mol. The molecule has 0 bridgehead atoms. The van der Waals surface area contributed by atoms with Gasteiger partial charge in [-0.05, 0) is 55.7 Å². The van der Waals surface area contributed by atoms with Gasteiger partial charge < -0.3 is 9.84 Å². The lowest BCUT2D eigenvalue weighted by Crippen LogP contribution is -2.29. The maximum atomic E-state index is 14.7. The molecule has 8 heteroatoms. The van der Waals surface area contributed by atoms with Crippen LogP contribution < -0.4 is 5.56 Å². The van der Waals surface area contributed by atoms with Gasteiger partial charge in [0.1, 0.15) is 12.4 Å². The molecule has 1 heterocycles. The summed E-state index contributed by atoms with van der Waals surface area (Å²) in [5.41, 5.74) is 1.67. The van der Waals surface area contributed by atoms with Crippen molar-refractivity contribution >= 4 is 17.6 Å². The summed E-state index contributed by atoms with van der Waals surface area (Å²) in [5.74, 6) is -0.829. The third-order valence-corrected chi connectivity index (χ3v) is 6.48. The van der Waals surface area contributed by atoms with Crippen LogP contribution in [0, 0.1) is 17.7 Å². The maximum absolute atomic E-state index is 14.7. The van der Waals surface area contributed by atoms with Crippen molar-refractivity contribution in [3.63, 3.8) is 0 Å². The van der Waals surface area contributed by atoms with Gasteiger partial charge in [0, 0.05) is 34.3 Å². The van der Waals surface area contributed by atoms with E-state index < -0.39 is 11.8 Å². The van der Waals surface area contributed by atoms with E-state index in [2.05, 4.69) is 5.10 Å². The number of carboxylic acid groups (broad SMARTS) is 1. The number of hydrogen-bond acceptors (Lipinski definition) is 4. The molecule has 0 aliphatic heterocycles. The molecule has 0 amide bonds. The number of halogens is 2. The van der Waals surface area contributed by atoms with E-state index in [9.17, 15) is 14.0 Å². The van der Waals surface area contributed by atoms with Crippen LogP contribution in [0.1, 0.15) is 25.7 Å². The van der Waals surface area contributed by atoms with E-state index in [0.717, 1.165) is 31.2 Å². The number of aromatic nitrogens is 2. The molecule has 34 heavy (non-hydrogen) atoms. The van der Waals surface area contributed by atoms with E-state index in [1.165, 1.54) is 28.9 Å². The van der Waals surface area contributed by atoms with Gasteiger partial charge >= 0.3 is 5.97 Å². The predicted molar refractivity (Wildman–Crippen MR) is 128 cm³/mol. The fourth-order valence-corrected chi connectivity index (χ4v) is 4.65. The maximum Gasteiger partial charge on any atom is 0.329 e. The predicted octanol–water partition coefficient (Wildman–Crippen LogP) is 5.28. The highest BCUT2D eigenvalue weighted by Gasteiger charge is 2.24. The van der Waals surface area contributed by atoms with Crippen LogP contribution in [0.25, 0.3) is 22.4 Å². The summed E-state index contributed by atoms with van der Waals surface area (Å²) >= 11 is 6.12. The Balaban J connectivity index is 1.57. The standard InChI is InChI=1S/C26H26ClFN2O4/c27-20-10-11-23(28)21(12-20)22-13-24(31)30(29-26(22)19-4-2-1-3-5-19)14-17-6-8-18(9-7-17)15-34-16-25(32)33/h1-5,10-13,17-18H,6-9,14-16H2,(H,32,33). The van der Waals surface area contributed by atoms with E-state index in [1.54, 1.807) is 0 Å². The molecule has 1 saturated carbocycles. The molecule has 1 aromatic heterocycles. The first-order chi connectivity index (χ1) is 16.4. The van der Waals surface area contributed by atoms with E-state index in [4.69, 9.17) is 21.4 Å². The van der Waals surface area contributed by atoms with E-state index >= 15 is 0 Å². The van der Waals surface area contributed by atoms with Gasteiger partial charge in [-0.3, -0.25) is 4.79 Å². The van der Waals surface area contributed by atoms with Crippen molar-refractivity contribution in [2.75, 3.05) is 13.2 Å². The van der Waals surface area contributed by atoms with Crippen LogP contribution in [-0.4, -0.2) is 34.1 Å². The highest BCUT2D eigenvalue weighted by molar-refractivity contribution is 6.30. The number of ether oxygens (including phenoxy) is 1. The minimum absolute atomic E-state index is 0.241. The summed E-state index contributed by atoms with van der Waals surface area (Å²) in [5, 5.41) is 13.8. The normalized spacial score (nSPS) is 18.1. The molecule has 178 valence electrons. The molecule has 0 unspecified atom stereocenters. The molecule has 6 nitrogen and oxygen atoms in total. The number of hydrogen-bond donors (Lipinski definition) is 1. The summed E-state index contributed by atoms with van der Waals surface area (Å²) in [6.45, 7) is 0.635. The highest BCUT2D eigenvalue weighted by Crippen LogP contribution is 2.33. The lowest BCUT2D eigenvalue weighted by Gasteiger charge is -2.28. The van der Waals surface area contributed by atoms with Crippen LogP contribution >= 0.6 is 11.6 Å². The summed E-state index contributed by atoms with van der Waals surface area (Å²) in [6, 6.07) is 15.1. The van der Waals surface area contributed by atoms with Gasteiger partial charge in [0.25, 0.3) is 5.56 Å². The van der Waals surface area contributed by atoms with Crippen molar-refractivity contribution in [1.29, 1.82) is 0 Å². The van der Waals surface area contributed by atoms with E-state index in [0.29, 0.717) is 35.3 Å². The van der Waals surface area contributed by atoms with E-state index in [1.807, 2.05) is 30.3 Å². The second-order valence-electron chi connectivity index (χ2n) is 8.71. The third-order valence-electron chi connectivity index (χ3n) is 6.24. The quantitative estimate of drug-likeness (QED) is 0.470. The number of carboxylic acids is 1. The van der Waals surface area contributed by atoms with Gasteiger partial charge in [-0.2, -0.15) is 5.10 Å². The number of benzene rings is 2. The number of carbonyl (C=O) groups is 1. The Labute approximate surface area is 202 Å². The van der Waals surface area contributed by atoms with Crippen molar-refractivity contribution in [3.8, 4) is 22.4 Å². The van der Waals surface area contributed by atoms with Crippen molar-refractivity contribution < 1.29 is 19.0 Å². The molecule has 4 rings (SSSR count). The van der Waals surface area contributed by atoms with Crippen molar-refractivity contribution in [3.05, 3.63) is 75.8 Å². The van der Waals surface area contributed by atoms with Crippen LogP contribution in [0.2, 0.25) is 5.02 Å². The average molecular weight is 485 g/mol. The Bertz CT molecular complexity index is 1210. The molecule has 2 aromatic carbocycles. The van der Waals surface area contributed by atoms with Gasteiger partial charge in [-0.1, -0.05) is 41.9 Å². The summed E-state index contributed by atoms with van der Waals surface area (Å²) in [7, 11) is 0. The third kappa shape index (κ3) is 5.90. The summed E-state index contributed by atoms with van der Waals surface area (Å²) < 4.78 is 21.4. The molecule has 1 N–H and O–H groups in total. The Kier molecular flexibility index (Phi) is 7.75. The topological polar surface area (TPSA) is 81.4 Å². The molecule has 1 aliphatic carbocycles. The average Bonchev–Trinajstić information content (AvgIpc) is 2.83. The largest absolute Gasteiger partial charge is 0.480 e. The molecule has 0 spiro atoms. The van der Waals surface area contributed by atoms with Crippen LogP contribution in [0.5, 0.6) is 0 Å². The first kappa shape index (κ1) is 24.1. The first-order valence-electron chi connectivity index (χ1n) is 11.3. The molecule has 3 aromatic rings. The van der Waals surface area contributed by atoms with Crippen LogP contribution in [0.15, 0.2) is 59.4 Å². The second-order valence-corrected chi connectivity index (χ2v) is 9.15. The zero-order valence-corrected chi connectivity index (χ0v) is 19.4. The number of aliphatic carboxylic acids is 1. The lowest BCUT2D eigenvalue weighted by molar-refractivity contribution is -0.142. The fourth-order valence-electron chi connectivity index (χ4n) is 4.48. The first-order valence-corrected chi connectivity index (χ1v) is 11.7. The monoisotopic (exact) mass is 484 g/mol. The van der Waals surface area contributed by atoms with Crippen molar-refractivity contribution in [2.24, 2.45) is 11.8 Å². The molecule has 0 radical (unpaired) electrons. The Morgan fingerprint density at radius 2 is 1.76 bits per heavy atom. The zero-order valence-electron chi connectivity index (χ0n) is 18.6. The Morgan fingerprint density at radius 3 is 2.47 bits per heavy atom. The van der Waals surface area contributed by atoms with Crippen LogP contribution in [0.4, 0.5) is 4.39 Å². The molecule has 1 aliphatic rings. The van der Waals surface area contributed by atoms with Gasteiger partial charge in [0.05, 0.1) is 12.3 Å². The van der Waals surface area contributed by atoms with Gasteiger partial charge in [0.2, 0.25) is 0 Å². The minimum atomic E-state index is -0.963. The summed E-state index contributed by atoms with van der Waals surface area (Å²) in [4.78, 5) is 23.6. The molecule has 0 saturated heterocycles. The van der Waals surface area contributed by atoms with Crippen molar-refractivity contribution in [2.45, 2.75) is 32.2 Å². The van der Waals surface area contributed by atoms with E-state index in [-0.39, 0.29) is 23.6 Å². The Hall–Kier alpha value is -3.03. The smallest absolute Gasteiger partial charge is 0.329 e. The molecule has 0 atom stereocenters. The Morgan fingerprint density at radius 1 is 1.06 bits per heavy atom. The summed E-state index contributed by atoms with van der Waals surface area (Å²) in [6.07, 6.45) is 3.63. The molecule has 1 fully saturated rings. The van der Waals surface area contributed by atoms with Gasteiger partial charge in [-0.15, -0.1) is 0 Å². The highest BCUT2D eigenvalue weighted by atomic mass is 35.5. The van der Waals surface area contributed by atoms with Gasteiger partial charge in [0.15, 0.2) is 0 Å². The minimum Gasteiger partial charge on any atom is -0.480 e. The van der Waals surface area contributed by atoms with Gasteiger partial charge in [-0.25, -0.2) is 13.9 Å².